The van der Waals surface area contributed by atoms with E-state index in [1.54, 1.807) is 12.1 Å². The number of hydrazone groups is 1. The number of hydrogen-bond donors (Lipinski definition) is 3. The average Bonchev–Trinajstić information content (AvgIpc) is 3.46. The third kappa shape index (κ3) is 8.71. The van der Waals surface area contributed by atoms with Crippen LogP contribution in [-0.4, -0.2) is 72.3 Å². The van der Waals surface area contributed by atoms with Crippen molar-refractivity contribution in [2.24, 2.45) is 22.1 Å². The molecule has 2 unspecified atom stereocenters. The number of likely N-dealkylation sites (tertiary alicyclic amines) is 1. The molecule has 2 aliphatic rings. The normalized spacial score (nSPS) is 21.5. The van der Waals surface area contributed by atoms with Gasteiger partial charge in [-0.25, -0.2) is 15.4 Å². The smallest absolute Gasteiger partial charge is 0.385 e. The van der Waals surface area contributed by atoms with Gasteiger partial charge in [0.15, 0.2) is 0 Å². The number of carbonyl (C=O) groups excluding carboxylic acids is 2. The Labute approximate surface area is 267 Å². The lowest BCUT2D eigenvalue weighted by Gasteiger charge is -2.37. The van der Waals surface area contributed by atoms with E-state index in [2.05, 4.69) is 15.3 Å². The third-order valence-electron chi connectivity index (χ3n) is 8.93. The Morgan fingerprint density at radius 2 is 1.55 bits per heavy atom. The van der Waals surface area contributed by atoms with Gasteiger partial charge < -0.3 is 20.9 Å². The van der Waals surface area contributed by atoms with Crippen LogP contribution in [0.25, 0.3) is 0 Å². The first-order valence-electron chi connectivity index (χ1n) is 15.0. The Morgan fingerprint density at radius 3 is 2.09 bits per heavy atom. The Morgan fingerprint density at radius 1 is 0.979 bits per heavy atom. The minimum absolute atomic E-state index is 0.0170. The van der Waals surface area contributed by atoms with Crippen molar-refractivity contribution in [2.45, 2.75) is 63.0 Å². The van der Waals surface area contributed by atoms with Crippen LogP contribution in [0.1, 0.15) is 60.3 Å². The molecule has 0 bridgehead atoms. The standard InChI is InChI=1S/C31H38F7N7O2/c1-43(2)26(46)18-45(40)42-27(39)29(28(47)41-17-19-13-22(30(33,34)35)15-23(14-19)31(36,37)38)10-7-25(16-29)44-11-8-21(9-12-44)20-3-5-24(32)6-4-20/h3-6,13-15,21,25H,7-12,16-18,40H2,1-2H3,(H2,39,42)(H,41,47). The number of hydrazine groups is 1. The van der Waals surface area contributed by atoms with E-state index in [1.807, 2.05) is 0 Å². The van der Waals surface area contributed by atoms with Crippen molar-refractivity contribution < 1.29 is 40.3 Å². The Hall–Kier alpha value is -3.92. The summed E-state index contributed by atoms with van der Waals surface area (Å²) in [5.41, 5.74) is 2.52. The van der Waals surface area contributed by atoms with Gasteiger partial charge in [-0.2, -0.15) is 26.3 Å². The Bertz CT molecular complexity index is 1420. The van der Waals surface area contributed by atoms with E-state index in [0.717, 1.165) is 23.5 Å². The lowest BCUT2D eigenvalue weighted by Crippen LogP contribution is -2.51. The zero-order valence-corrected chi connectivity index (χ0v) is 26.0. The van der Waals surface area contributed by atoms with Crippen LogP contribution >= 0.6 is 0 Å². The molecule has 258 valence electrons. The number of amides is 2. The molecule has 2 fully saturated rings. The summed E-state index contributed by atoms with van der Waals surface area (Å²) in [6.45, 7) is 0.342. The van der Waals surface area contributed by atoms with E-state index in [1.165, 1.54) is 31.1 Å². The summed E-state index contributed by atoms with van der Waals surface area (Å²) in [4.78, 5) is 29.5. The summed E-state index contributed by atoms with van der Waals surface area (Å²) in [5, 5.41) is 7.39. The molecule has 2 aromatic rings. The maximum Gasteiger partial charge on any atom is 0.416 e. The summed E-state index contributed by atoms with van der Waals surface area (Å²) >= 11 is 0. The highest BCUT2D eigenvalue weighted by molar-refractivity contribution is 6.07. The van der Waals surface area contributed by atoms with Crippen molar-refractivity contribution >= 4 is 17.6 Å². The molecule has 1 saturated heterocycles. The van der Waals surface area contributed by atoms with Crippen LogP contribution in [0.4, 0.5) is 30.7 Å². The molecular weight excluding hydrogens is 635 g/mol. The topological polar surface area (TPSA) is 120 Å². The van der Waals surface area contributed by atoms with Crippen molar-refractivity contribution in [3.8, 4) is 0 Å². The van der Waals surface area contributed by atoms with Crippen LogP contribution in [0, 0.1) is 11.2 Å². The van der Waals surface area contributed by atoms with Crippen molar-refractivity contribution in [1.29, 1.82) is 0 Å². The second kappa shape index (κ2) is 14.1. The van der Waals surface area contributed by atoms with Crippen LogP contribution in [0.15, 0.2) is 47.6 Å². The van der Waals surface area contributed by atoms with E-state index in [-0.39, 0.29) is 49.1 Å². The van der Waals surface area contributed by atoms with Gasteiger partial charge in [0.2, 0.25) is 11.8 Å². The van der Waals surface area contributed by atoms with Gasteiger partial charge in [-0.3, -0.25) is 9.59 Å². The predicted molar refractivity (Wildman–Crippen MR) is 160 cm³/mol. The van der Waals surface area contributed by atoms with Crippen molar-refractivity contribution in [1.82, 2.24) is 20.2 Å². The second-order valence-electron chi connectivity index (χ2n) is 12.3. The Kier molecular flexibility index (Phi) is 10.7. The molecule has 2 amide bonds. The molecule has 1 aliphatic carbocycles. The van der Waals surface area contributed by atoms with Crippen LogP contribution in [0.5, 0.6) is 0 Å². The van der Waals surface area contributed by atoms with Crippen LogP contribution < -0.4 is 16.9 Å². The van der Waals surface area contributed by atoms with Gasteiger partial charge >= 0.3 is 12.4 Å². The fourth-order valence-corrected chi connectivity index (χ4v) is 6.24. The quantitative estimate of drug-likeness (QED) is 0.119. The number of rotatable bonds is 9. The zero-order valence-electron chi connectivity index (χ0n) is 26.0. The predicted octanol–water partition coefficient (Wildman–Crippen LogP) is 4.43. The number of benzene rings is 2. The van der Waals surface area contributed by atoms with Crippen LogP contribution in [0.3, 0.4) is 0 Å². The highest BCUT2D eigenvalue weighted by Crippen LogP contribution is 2.43. The number of piperidine rings is 1. The first-order valence-corrected chi connectivity index (χ1v) is 15.0. The minimum atomic E-state index is -5.05. The monoisotopic (exact) mass is 673 g/mol. The Balaban J connectivity index is 1.55. The van der Waals surface area contributed by atoms with Gasteiger partial charge in [0.25, 0.3) is 0 Å². The third-order valence-corrected chi connectivity index (χ3v) is 8.93. The fourth-order valence-electron chi connectivity index (χ4n) is 6.24. The average molecular weight is 674 g/mol. The summed E-state index contributed by atoms with van der Waals surface area (Å²) in [6, 6.07) is 7.34. The van der Waals surface area contributed by atoms with Gasteiger partial charge in [-0.15, -0.1) is 5.10 Å². The zero-order chi connectivity index (χ0) is 34.7. The summed E-state index contributed by atoms with van der Waals surface area (Å²) < 4.78 is 93.9. The van der Waals surface area contributed by atoms with Gasteiger partial charge in [0, 0.05) is 26.7 Å². The number of nitrogens with one attached hydrogen (secondary N) is 1. The maximum atomic E-state index is 13.9. The molecule has 2 aromatic carbocycles. The number of likely N-dealkylation sites (N-methyl/N-ethyl adjacent to an activating group) is 1. The van der Waals surface area contributed by atoms with E-state index in [0.29, 0.717) is 31.6 Å². The van der Waals surface area contributed by atoms with E-state index >= 15 is 0 Å². The molecule has 5 N–H and O–H groups in total. The van der Waals surface area contributed by atoms with E-state index in [9.17, 15) is 40.3 Å². The highest BCUT2D eigenvalue weighted by Gasteiger charge is 2.50. The number of carbonyl (C=O) groups is 2. The number of nitrogens with two attached hydrogens (primary N) is 2. The number of halogens is 7. The molecule has 4 rings (SSSR count). The number of alkyl halides is 6. The molecule has 16 heteroatoms. The number of amidine groups is 1. The molecule has 1 heterocycles. The molecular formula is C31H38F7N7O2. The molecule has 1 saturated carbocycles. The van der Waals surface area contributed by atoms with Gasteiger partial charge in [-0.1, -0.05) is 12.1 Å². The molecule has 1 aliphatic heterocycles. The highest BCUT2D eigenvalue weighted by atomic mass is 19.4. The molecule has 9 nitrogen and oxygen atoms in total. The second-order valence-corrected chi connectivity index (χ2v) is 12.3. The van der Waals surface area contributed by atoms with Crippen LogP contribution in [0.2, 0.25) is 0 Å². The lowest BCUT2D eigenvalue weighted by molar-refractivity contribution is -0.143. The van der Waals surface area contributed by atoms with Gasteiger partial charge in [0.1, 0.15) is 23.6 Å². The molecule has 2 atom stereocenters. The van der Waals surface area contributed by atoms with Crippen LogP contribution in [-0.2, 0) is 28.5 Å². The SMILES string of the molecule is CN(C)C(=O)CN(N)/N=C(\N)C1(C(=O)NCc2cc(C(F)(F)F)cc(C(F)(F)F)c2)CCC(N2CCC(c3ccc(F)cc3)CC2)C1. The largest absolute Gasteiger partial charge is 0.416 e. The first kappa shape index (κ1) is 35.9. The van der Waals surface area contributed by atoms with Gasteiger partial charge in [-0.05, 0) is 92.6 Å². The molecule has 0 spiro atoms. The fraction of sp³-hybridized carbons (Fsp3) is 0.516. The summed E-state index contributed by atoms with van der Waals surface area (Å²) in [7, 11) is 3.02. The number of nitrogens with zero attached hydrogens (tertiary/aromatic N) is 4. The van der Waals surface area contributed by atoms with Crippen molar-refractivity contribution in [3.05, 3.63) is 70.5 Å². The van der Waals surface area contributed by atoms with Crippen molar-refractivity contribution in [2.75, 3.05) is 33.7 Å². The van der Waals surface area contributed by atoms with E-state index < -0.39 is 52.8 Å². The maximum absolute atomic E-state index is 13.9. The molecule has 0 aromatic heterocycles. The minimum Gasteiger partial charge on any atom is -0.385 e. The summed E-state index contributed by atoms with van der Waals surface area (Å²) in [5.74, 6) is 4.46. The summed E-state index contributed by atoms with van der Waals surface area (Å²) in [6.07, 6.45) is -7.71. The first-order chi connectivity index (χ1) is 21.9. The van der Waals surface area contributed by atoms with E-state index in [4.69, 9.17) is 11.6 Å². The number of hydrogen-bond acceptors (Lipinski definition) is 6. The van der Waals surface area contributed by atoms with Gasteiger partial charge in [0.05, 0.1) is 11.1 Å². The van der Waals surface area contributed by atoms with Crippen molar-refractivity contribution in [3.63, 3.8) is 0 Å². The molecule has 47 heavy (non-hydrogen) atoms. The lowest BCUT2D eigenvalue weighted by atomic mass is 9.82. The molecule has 0 radical (unpaired) electrons.